The summed E-state index contributed by atoms with van der Waals surface area (Å²) in [6.45, 7) is 5.40. The number of benzene rings is 2. The normalized spacial score (nSPS) is 10.2. The smallest absolute Gasteiger partial charge is 0.193 e. The van der Waals surface area contributed by atoms with E-state index in [0.29, 0.717) is 6.61 Å². The average Bonchev–Trinajstić information content (AvgIpc) is 2.35. The van der Waals surface area contributed by atoms with Gasteiger partial charge in [0.1, 0.15) is 6.61 Å². The summed E-state index contributed by atoms with van der Waals surface area (Å²) in [4.78, 5) is 11.0. The maximum Gasteiger partial charge on any atom is 0.193 e. The Labute approximate surface area is 101 Å². The third kappa shape index (κ3) is 2.53. The van der Waals surface area contributed by atoms with Gasteiger partial charge < -0.3 is 4.74 Å². The van der Waals surface area contributed by atoms with Crippen molar-refractivity contribution in [2.75, 3.05) is 0 Å². The van der Waals surface area contributed by atoms with E-state index in [1.54, 1.807) is 0 Å². The van der Waals surface area contributed by atoms with Crippen LogP contribution < -0.4 is 0 Å². The molecule has 2 rings (SSSR count). The van der Waals surface area contributed by atoms with E-state index in [-0.39, 0.29) is 11.5 Å². The molecule has 0 unspecified atom stereocenters. The molecular formula is C15H14O2. The van der Waals surface area contributed by atoms with Crippen molar-refractivity contribution in [2.45, 2.75) is 13.5 Å². The van der Waals surface area contributed by atoms with Crippen LogP contribution in [0.1, 0.15) is 12.5 Å². The van der Waals surface area contributed by atoms with Crippen LogP contribution in [0.5, 0.6) is 0 Å². The van der Waals surface area contributed by atoms with E-state index in [0.717, 1.165) is 10.9 Å². The molecule has 0 aromatic heterocycles. The van der Waals surface area contributed by atoms with Gasteiger partial charge in [0.05, 0.1) is 0 Å². The van der Waals surface area contributed by atoms with Crippen molar-refractivity contribution in [3.8, 4) is 0 Å². The van der Waals surface area contributed by atoms with Crippen LogP contribution >= 0.6 is 0 Å². The summed E-state index contributed by atoms with van der Waals surface area (Å²) in [5.74, 6) is 0.0724. The fourth-order valence-electron chi connectivity index (χ4n) is 1.68. The van der Waals surface area contributed by atoms with E-state index in [4.69, 9.17) is 4.74 Å². The molecule has 2 heteroatoms. The third-order valence-electron chi connectivity index (χ3n) is 2.67. The summed E-state index contributed by atoms with van der Waals surface area (Å²) in [6, 6.07) is 14.1. The first-order chi connectivity index (χ1) is 8.18. The molecule has 0 bridgehead atoms. The van der Waals surface area contributed by atoms with E-state index in [9.17, 15) is 4.79 Å². The van der Waals surface area contributed by atoms with Gasteiger partial charge in [0.25, 0.3) is 0 Å². The molecule has 0 aliphatic carbocycles. The first-order valence-electron chi connectivity index (χ1n) is 5.48. The van der Waals surface area contributed by atoms with Crippen molar-refractivity contribution in [3.63, 3.8) is 0 Å². The maximum atomic E-state index is 11.0. The molecule has 2 aromatic rings. The molecule has 2 nitrogen and oxygen atoms in total. The molecule has 86 valence electrons. The molecule has 0 amide bonds. The Hall–Kier alpha value is -2.09. The lowest BCUT2D eigenvalue weighted by atomic mass is 10.1. The Balaban J connectivity index is 2.24. The maximum absolute atomic E-state index is 11.0. The second-order valence-electron chi connectivity index (χ2n) is 3.91. The van der Waals surface area contributed by atoms with E-state index in [2.05, 4.69) is 18.7 Å². The lowest BCUT2D eigenvalue weighted by Gasteiger charge is -2.09. The largest absolute Gasteiger partial charge is 0.486 e. The fourth-order valence-corrected chi connectivity index (χ4v) is 1.68. The molecule has 0 N–H and O–H groups in total. The van der Waals surface area contributed by atoms with Crippen molar-refractivity contribution in [1.29, 1.82) is 0 Å². The second-order valence-corrected chi connectivity index (χ2v) is 3.91. The number of ether oxygens (including phenoxy) is 1. The van der Waals surface area contributed by atoms with Crippen LogP contribution in [0.2, 0.25) is 0 Å². The van der Waals surface area contributed by atoms with E-state index >= 15 is 0 Å². The lowest BCUT2D eigenvalue weighted by molar-refractivity contribution is -0.117. The highest BCUT2D eigenvalue weighted by Gasteiger charge is 2.04. The molecule has 2 aromatic carbocycles. The highest BCUT2D eigenvalue weighted by atomic mass is 16.5. The predicted molar refractivity (Wildman–Crippen MR) is 68.6 cm³/mol. The Morgan fingerprint density at radius 3 is 2.65 bits per heavy atom. The fraction of sp³-hybridized carbons (Fsp3) is 0.133. The summed E-state index contributed by atoms with van der Waals surface area (Å²) >= 11 is 0. The monoisotopic (exact) mass is 226 g/mol. The summed E-state index contributed by atoms with van der Waals surface area (Å²) in [6.07, 6.45) is 0. The first-order valence-corrected chi connectivity index (χ1v) is 5.48. The number of carbonyl (C=O) groups is 1. The van der Waals surface area contributed by atoms with Gasteiger partial charge in [-0.2, -0.15) is 0 Å². The first kappa shape index (κ1) is 11.4. The standard InChI is InChI=1S/C15H14O2/c1-11(16)12(2)17-10-14-8-5-7-13-6-3-4-9-15(13)14/h3-9H,2,10H2,1H3. The van der Waals surface area contributed by atoms with Crippen LogP contribution in [0.4, 0.5) is 0 Å². The van der Waals surface area contributed by atoms with Gasteiger partial charge in [-0.25, -0.2) is 0 Å². The van der Waals surface area contributed by atoms with Crippen LogP contribution in [-0.2, 0) is 16.1 Å². The Bertz CT molecular complexity index is 565. The molecule has 0 saturated carbocycles. The van der Waals surface area contributed by atoms with Crippen molar-refractivity contribution in [3.05, 3.63) is 60.4 Å². The van der Waals surface area contributed by atoms with Gasteiger partial charge in [-0.3, -0.25) is 4.79 Å². The molecule has 0 fully saturated rings. The highest BCUT2D eigenvalue weighted by Crippen LogP contribution is 2.19. The van der Waals surface area contributed by atoms with Crippen LogP contribution in [0, 0.1) is 0 Å². The molecule has 0 aliphatic heterocycles. The predicted octanol–water partition coefficient (Wildman–Crippen LogP) is 3.46. The highest BCUT2D eigenvalue weighted by molar-refractivity contribution is 5.90. The quantitative estimate of drug-likeness (QED) is 0.589. The van der Waals surface area contributed by atoms with Gasteiger partial charge >= 0.3 is 0 Å². The Morgan fingerprint density at radius 2 is 1.88 bits per heavy atom. The Morgan fingerprint density at radius 1 is 1.18 bits per heavy atom. The van der Waals surface area contributed by atoms with Crippen LogP contribution in [-0.4, -0.2) is 5.78 Å². The van der Waals surface area contributed by atoms with Crippen molar-refractivity contribution < 1.29 is 9.53 Å². The van der Waals surface area contributed by atoms with Gasteiger partial charge in [0, 0.05) is 6.92 Å². The zero-order valence-electron chi connectivity index (χ0n) is 9.77. The minimum absolute atomic E-state index is 0.134. The summed E-state index contributed by atoms with van der Waals surface area (Å²) < 4.78 is 5.35. The SMILES string of the molecule is C=C(OCc1cccc2ccccc12)C(C)=O. The van der Waals surface area contributed by atoms with E-state index in [1.807, 2.05) is 30.3 Å². The van der Waals surface area contributed by atoms with Crippen LogP contribution in [0.15, 0.2) is 54.8 Å². The molecule has 0 atom stereocenters. The van der Waals surface area contributed by atoms with Gasteiger partial charge in [-0.15, -0.1) is 0 Å². The van der Waals surface area contributed by atoms with Gasteiger partial charge in [-0.1, -0.05) is 49.0 Å². The van der Waals surface area contributed by atoms with Crippen LogP contribution in [0.25, 0.3) is 10.8 Å². The molecule has 0 spiro atoms. The zero-order chi connectivity index (χ0) is 12.3. The van der Waals surface area contributed by atoms with Gasteiger partial charge in [0.2, 0.25) is 0 Å². The van der Waals surface area contributed by atoms with Crippen molar-refractivity contribution >= 4 is 16.6 Å². The van der Waals surface area contributed by atoms with Gasteiger partial charge in [-0.05, 0) is 16.3 Å². The lowest BCUT2D eigenvalue weighted by Crippen LogP contribution is -2.00. The topological polar surface area (TPSA) is 26.3 Å². The van der Waals surface area contributed by atoms with Crippen molar-refractivity contribution in [2.24, 2.45) is 0 Å². The number of Topliss-reactive ketones (excluding diaryl/α,β-unsaturated/α-hetero) is 1. The molecular weight excluding hydrogens is 212 g/mol. The number of hydrogen-bond acceptors (Lipinski definition) is 2. The summed E-state index contributed by atoms with van der Waals surface area (Å²) in [5.41, 5.74) is 1.06. The molecule has 0 saturated heterocycles. The van der Waals surface area contributed by atoms with Crippen molar-refractivity contribution in [1.82, 2.24) is 0 Å². The number of fused-ring (bicyclic) bond motifs is 1. The molecule has 17 heavy (non-hydrogen) atoms. The van der Waals surface area contributed by atoms with Gasteiger partial charge in [0.15, 0.2) is 11.5 Å². The second kappa shape index (κ2) is 4.83. The number of carbonyl (C=O) groups excluding carboxylic acids is 1. The average molecular weight is 226 g/mol. The summed E-state index contributed by atoms with van der Waals surface area (Å²) in [7, 11) is 0. The van der Waals surface area contributed by atoms with Crippen LogP contribution in [0.3, 0.4) is 0 Å². The third-order valence-corrected chi connectivity index (χ3v) is 2.67. The van der Waals surface area contributed by atoms with E-state index in [1.165, 1.54) is 12.3 Å². The zero-order valence-corrected chi connectivity index (χ0v) is 9.77. The van der Waals surface area contributed by atoms with E-state index < -0.39 is 0 Å². The number of hydrogen-bond donors (Lipinski definition) is 0. The Kier molecular flexibility index (Phi) is 3.24. The number of ketones is 1. The number of allylic oxidation sites excluding steroid dienone is 1. The summed E-state index contributed by atoms with van der Waals surface area (Å²) in [5, 5.41) is 2.31. The minimum Gasteiger partial charge on any atom is -0.486 e. The minimum atomic E-state index is -0.134. The molecule has 0 radical (unpaired) electrons. The molecule has 0 heterocycles. The molecule has 0 aliphatic rings. The number of rotatable bonds is 4.